The average molecular weight is 427 g/mol. The third kappa shape index (κ3) is 14.0. The van der Waals surface area contributed by atoms with Crippen LogP contribution in [0.5, 0.6) is 0 Å². The fourth-order valence-electron chi connectivity index (χ4n) is 3.35. The van der Waals surface area contributed by atoms with Gasteiger partial charge in [-0.25, -0.2) is 0 Å². The van der Waals surface area contributed by atoms with Crippen LogP contribution >= 0.6 is 0 Å². The fourth-order valence-corrected chi connectivity index (χ4v) is 3.35. The van der Waals surface area contributed by atoms with Crippen molar-refractivity contribution < 1.29 is 9.59 Å². The molecule has 0 saturated heterocycles. The molecule has 0 aromatic carbocycles. The fraction of sp³-hybridized carbons (Fsp3) is 0.917. The Hall–Kier alpha value is -1.14. The Bertz CT molecular complexity index is 405. The quantitative estimate of drug-likeness (QED) is 0.235. The number of rotatable bonds is 19. The number of carbonyl (C=O) groups is 2. The number of hydrogen-bond donors (Lipinski definition) is 4. The summed E-state index contributed by atoms with van der Waals surface area (Å²) in [4.78, 5) is 23.8. The first kappa shape index (κ1) is 28.9. The zero-order valence-corrected chi connectivity index (χ0v) is 20.2. The second kappa shape index (κ2) is 18.6. The lowest BCUT2D eigenvalue weighted by molar-refractivity contribution is -0.124. The van der Waals surface area contributed by atoms with Crippen LogP contribution in [-0.4, -0.2) is 37.0 Å². The molecule has 0 rings (SSSR count). The van der Waals surface area contributed by atoms with E-state index in [1.165, 1.54) is 38.5 Å². The topological polar surface area (TPSA) is 110 Å². The Morgan fingerprint density at radius 3 is 1.13 bits per heavy atom. The molecule has 0 radical (unpaired) electrons. The molecule has 0 aliphatic carbocycles. The van der Waals surface area contributed by atoms with Gasteiger partial charge < -0.3 is 22.1 Å². The van der Waals surface area contributed by atoms with Crippen molar-refractivity contribution >= 4 is 11.8 Å². The summed E-state index contributed by atoms with van der Waals surface area (Å²) in [5, 5.41) is 5.91. The smallest absolute Gasteiger partial charge is 0.237 e. The van der Waals surface area contributed by atoms with E-state index in [0.717, 1.165) is 51.6 Å². The molecule has 0 saturated carbocycles. The lowest BCUT2D eigenvalue weighted by Crippen LogP contribution is -2.44. The highest BCUT2D eigenvalue weighted by Gasteiger charge is 2.19. The standard InChI is InChI=1S/C24H50N4O2/c1-5-19(3)21(25)23(29)27-17-15-13-11-9-7-8-10-12-14-16-18-28-24(30)22(26)20(4)6-2/h19-22H,5-18,25-26H2,1-4H3,(H,27,29)(H,28,30)/t19-,20-,21-,22-/m0/s1. The van der Waals surface area contributed by atoms with Gasteiger partial charge in [0.1, 0.15) is 0 Å². The maximum Gasteiger partial charge on any atom is 0.237 e. The molecule has 6 heteroatoms. The number of hydrogen-bond acceptors (Lipinski definition) is 4. The van der Waals surface area contributed by atoms with Gasteiger partial charge in [0.05, 0.1) is 12.1 Å². The molecule has 178 valence electrons. The van der Waals surface area contributed by atoms with Crippen LogP contribution in [0.15, 0.2) is 0 Å². The molecule has 0 fully saturated rings. The second-order valence-corrected chi connectivity index (χ2v) is 8.94. The molecular formula is C24H50N4O2. The number of nitrogens with two attached hydrogens (primary N) is 2. The summed E-state index contributed by atoms with van der Waals surface area (Å²) in [7, 11) is 0. The molecule has 6 N–H and O–H groups in total. The summed E-state index contributed by atoms with van der Waals surface area (Å²) in [6.45, 7) is 9.64. The SMILES string of the molecule is CC[C@H](C)[C@H](N)C(=O)NCCCCCCCCCCCCNC(=O)[C@@H](N)[C@@H](C)CC. The molecule has 0 spiro atoms. The van der Waals surface area contributed by atoms with E-state index in [2.05, 4.69) is 24.5 Å². The van der Waals surface area contributed by atoms with E-state index in [1.54, 1.807) is 0 Å². The van der Waals surface area contributed by atoms with Gasteiger partial charge in [-0.1, -0.05) is 91.9 Å². The molecule has 0 aromatic heterocycles. The molecule has 0 aliphatic heterocycles. The summed E-state index contributed by atoms with van der Waals surface area (Å²) in [5.41, 5.74) is 11.8. The van der Waals surface area contributed by atoms with E-state index in [4.69, 9.17) is 11.5 Å². The molecule has 0 bridgehead atoms. The molecule has 0 unspecified atom stereocenters. The molecule has 0 heterocycles. The van der Waals surface area contributed by atoms with E-state index < -0.39 is 0 Å². The van der Waals surface area contributed by atoms with Crippen molar-refractivity contribution in [3.8, 4) is 0 Å². The molecule has 0 aliphatic rings. The van der Waals surface area contributed by atoms with Crippen molar-refractivity contribution in [2.45, 2.75) is 117 Å². The van der Waals surface area contributed by atoms with Crippen LogP contribution < -0.4 is 22.1 Å². The molecule has 4 atom stereocenters. The zero-order valence-electron chi connectivity index (χ0n) is 20.2. The van der Waals surface area contributed by atoms with Gasteiger partial charge in [0, 0.05) is 13.1 Å². The molecule has 6 nitrogen and oxygen atoms in total. The zero-order chi connectivity index (χ0) is 22.8. The number of carbonyl (C=O) groups excluding carboxylic acids is 2. The van der Waals surface area contributed by atoms with Gasteiger partial charge in [-0.15, -0.1) is 0 Å². The highest BCUT2D eigenvalue weighted by molar-refractivity contribution is 5.82. The lowest BCUT2D eigenvalue weighted by atomic mass is 9.99. The van der Waals surface area contributed by atoms with Gasteiger partial charge in [0.2, 0.25) is 11.8 Å². The van der Waals surface area contributed by atoms with E-state index in [-0.39, 0.29) is 35.7 Å². The predicted molar refractivity (Wildman–Crippen MR) is 127 cm³/mol. The summed E-state index contributed by atoms with van der Waals surface area (Å²) >= 11 is 0. The Morgan fingerprint density at radius 1 is 0.600 bits per heavy atom. The van der Waals surface area contributed by atoms with Crippen LogP contribution in [0.25, 0.3) is 0 Å². The minimum Gasteiger partial charge on any atom is -0.355 e. The summed E-state index contributed by atoms with van der Waals surface area (Å²) < 4.78 is 0. The summed E-state index contributed by atoms with van der Waals surface area (Å²) in [5.74, 6) is 0.442. The second-order valence-electron chi connectivity index (χ2n) is 8.94. The van der Waals surface area contributed by atoms with Crippen molar-refractivity contribution in [2.75, 3.05) is 13.1 Å². The minimum absolute atomic E-state index is 0.0118. The van der Waals surface area contributed by atoms with E-state index in [9.17, 15) is 9.59 Å². The molecule has 2 amide bonds. The maximum absolute atomic E-state index is 11.9. The van der Waals surface area contributed by atoms with Crippen LogP contribution in [0.4, 0.5) is 0 Å². The van der Waals surface area contributed by atoms with Crippen molar-refractivity contribution in [3.63, 3.8) is 0 Å². The number of unbranched alkanes of at least 4 members (excludes halogenated alkanes) is 9. The van der Waals surface area contributed by atoms with E-state index in [1.807, 2.05) is 13.8 Å². The van der Waals surface area contributed by atoms with Crippen molar-refractivity contribution in [2.24, 2.45) is 23.3 Å². The van der Waals surface area contributed by atoms with Crippen molar-refractivity contribution in [1.29, 1.82) is 0 Å². The first-order valence-corrected chi connectivity index (χ1v) is 12.4. The Kier molecular flexibility index (Phi) is 17.9. The Balaban J connectivity index is 3.39. The molecule has 30 heavy (non-hydrogen) atoms. The van der Waals surface area contributed by atoms with Gasteiger partial charge >= 0.3 is 0 Å². The van der Waals surface area contributed by atoms with Gasteiger partial charge in [-0.2, -0.15) is 0 Å². The first-order valence-electron chi connectivity index (χ1n) is 12.4. The highest BCUT2D eigenvalue weighted by Crippen LogP contribution is 2.11. The largest absolute Gasteiger partial charge is 0.355 e. The van der Waals surface area contributed by atoms with Crippen molar-refractivity contribution in [3.05, 3.63) is 0 Å². The van der Waals surface area contributed by atoms with Gasteiger partial charge in [0.25, 0.3) is 0 Å². The van der Waals surface area contributed by atoms with Crippen LogP contribution in [-0.2, 0) is 9.59 Å². The Labute approximate surface area is 185 Å². The van der Waals surface area contributed by atoms with Crippen LogP contribution in [0.2, 0.25) is 0 Å². The molecule has 0 aromatic rings. The number of nitrogens with one attached hydrogen (secondary N) is 2. The summed E-state index contributed by atoms with van der Waals surface area (Å²) in [6, 6.07) is -0.762. The van der Waals surface area contributed by atoms with Gasteiger partial charge in [0.15, 0.2) is 0 Å². The van der Waals surface area contributed by atoms with Gasteiger partial charge in [-0.05, 0) is 24.7 Å². The minimum atomic E-state index is -0.381. The normalized spacial score (nSPS) is 15.3. The van der Waals surface area contributed by atoms with Crippen LogP contribution in [0.3, 0.4) is 0 Å². The van der Waals surface area contributed by atoms with Crippen LogP contribution in [0, 0.1) is 11.8 Å². The van der Waals surface area contributed by atoms with Crippen LogP contribution in [0.1, 0.15) is 105 Å². The predicted octanol–water partition coefficient (Wildman–Crippen LogP) is 3.87. The van der Waals surface area contributed by atoms with E-state index >= 15 is 0 Å². The lowest BCUT2D eigenvalue weighted by Gasteiger charge is -2.17. The summed E-state index contributed by atoms with van der Waals surface area (Å²) in [6.07, 6.45) is 13.8. The Morgan fingerprint density at radius 2 is 0.867 bits per heavy atom. The maximum atomic E-state index is 11.9. The first-order chi connectivity index (χ1) is 14.3. The van der Waals surface area contributed by atoms with Crippen molar-refractivity contribution in [1.82, 2.24) is 10.6 Å². The van der Waals surface area contributed by atoms with E-state index in [0.29, 0.717) is 0 Å². The average Bonchev–Trinajstić information content (AvgIpc) is 2.76. The molecular weight excluding hydrogens is 376 g/mol. The number of amides is 2. The third-order valence-electron chi connectivity index (χ3n) is 6.32. The van der Waals surface area contributed by atoms with Gasteiger partial charge in [-0.3, -0.25) is 9.59 Å². The monoisotopic (exact) mass is 426 g/mol. The third-order valence-corrected chi connectivity index (χ3v) is 6.32. The highest BCUT2D eigenvalue weighted by atomic mass is 16.2.